The van der Waals surface area contributed by atoms with Gasteiger partial charge in [-0.3, -0.25) is 4.79 Å². The standard InChI is InChI=1S/C16H15Cl2N3O3S/c1-10(11-3-6-13(7-4-11)25(23,24)19-2)20-21-16(22)14-9-12(17)5-8-15(14)18/h3-9,19H,1-2H3,(H,21,22)/b20-10-. The fraction of sp³-hybridized carbons (Fsp3) is 0.125. The summed E-state index contributed by atoms with van der Waals surface area (Å²) in [5, 5.41) is 4.65. The molecule has 0 aliphatic rings. The lowest BCUT2D eigenvalue weighted by atomic mass is 10.1. The van der Waals surface area contributed by atoms with Gasteiger partial charge in [-0.25, -0.2) is 18.6 Å². The first-order valence-corrected chi connectivity index (χ1v) is 9.32. The summed E-state index contributed by atoms with van der Waals surface area (Å²) in [5.41, 5.74) is 3.77. The number of carbonyl (C=O) groups is 1. The van der Waals surface area contributed by atoms with Crippen LogP contribution in [0.3, 0.4) is 0 Å². The summed E-state index contributed by atoms with van der Waals surface area (Å²) in [6, 6.07) is 10.7. The maximum absolute atomic E-state index is 12.1. The Morgan fingerprint density at radius 2 is 1.72 bits per heavy atom. The van der Waals surface area contributed by atoms with E-state index in [-0.39, 0.29) is 15.5 Å². The third-order valence-corrected chi connectivity index (χ3v) is 5.34. The minimum atomic E-state index is -3.50. The van der Waals surface area contributed by atoms with Crippen LogP contribution in [0, 0.1) is 0 Å². The van der Waals surface area contributed by atoms with Crippen molar-refractivity contribution in [2.45, 2.75) is 11.8 Å². The van der Waals surface area contributed by atoms with E-state index in [1.165, 1.54) is 31.3 Å². The number of hydrazone groups is 1. The molecule has 0 heterocycles. The van der Waals surface area contributed by atoms with E-state index in [1.807, 2.05) is 0 Å². The van der Waals surface area contributed by atoms with Crippen LogP contribution in [-0.4, -0.2) is 27.1 Å². The number of amides is 1. The van der Waals surface area contributed by atoms with Gasteiger partial charge in [0.2, 0.25) is 10.0 Å². The number of hydrogen-bond acceptors (Lipinski definition) is 4. The number of rotatable bonds is 5. The molecule has 0 saturated carbocycles. The number of carbonyl (C=O) groups excluding carboxylic acids is 1. The van der Waals surface area contributed by atoms with Crippen molar-refractivity contribution in [2.75, 3.05) is 7.05 Å². The zero-order chi connectivity index (χ0) is 18.6. The van der Waals surface area contributed by atoms with Crippen LogP contribution >= 0.6 is 23.2 Å². The van der Waals surface area contributed by atoms with Crippen LogP contribution in [0.1, 0.15) is 22.8 Å². The number of sulfonamides is 1. The van der Waals surface area contributed by atoms with E-state index in [4.69, 9.17) is 23.2 Å². The molecule has 132 valence electrons. The first-order valence-electron chi connectivity index (χ1n) is 7.08. The molecule has 2 aromatic rings. The van der Waals surface area contributed by atoms with Crippen molar-refractivity contribution in [3.63, 3.8) is 0 Å². The predicted molar refractivity (Wildman–Crippen MR) is 98.8 cm³/mol. The first-order chi connectivity index (χ1) is 11.7. The van der Waals surface area contributed by atoms with E-state index in [0.717, 1.165) is 0 Å². The average Bonchev–Trinajstić information content (AvgIpc) is 2.61. The van der Waals surface area contributed by atoms with Crippen LogP contribution in [0.25, 0.3) is 0 Å². The van der Waals surface area contributed by atoms with Gasteiger partial charge in [0.05, 0.1) is 21.2 Å². The van der Waals surface area contributed by atoms with E-state index in [9.17, 15) is 13.2 Å². The average molecular weight is 400 g/mol. The molecule has 2 aromatic carbocycles. The third-order valence-electron chi connectivity index (χ3n) is 3.35. The van der Waals surface area contributed by atoms with Crippen LogP contribution in [0.4, 0.5) is 0 Å². The molecule has 0 bridgehead atoms. The van der Waals surface area contributed by atoms with E-state index >= 15 is 0 Å². The van der Waals surface area contributed by atoms with Crippen LogP contribution in [-0.2, 0) is 10.0 Å². The minimum Gasteiger partial charge on any atom is -0.267 e. The number of hydrogen-bond donors (Lipinski definition) is 2. The molecule has 0 fully saturated rings. The highest BCUT2D eigenvalue weighted by molar-refractivity contribution is 7.89. The van der Waals surface area contributed by atoms with Gasteiger partial charge < -0.3 is 0 Å². The predicted octanol–water partition coefficient (Wildman–Crippen LogP) is 3.06. The smallest absolute Gasteiger partial charge is 0.267 e. The number of benzene rings is 2. The summed E-state index contributed by atoms with van der Waals surface area (Å²) < 4.78 is 25.6. The lowest BCUT2D eigenvalue weighted by Crippen LogP contribution is -2.20. The highest BCUT2D eigenvalue weighted by Crippen LogP contribution is 2.20. The Labute approximate surface area is 155 Å². The summed E-state index contributed by atoms with van der Waals surface area (Å²) >= 11 is 11.8. The summed E-state index contributed by atoms with van der Waals surface area (Å²) in [7, 11) is -2.16. The fourth-order valence-corrected chi connectivity index (χ4v) is 3.03. The van der Waals surface area contributed by atoms with Crippen molar-refractivity contribution in [2.24, 2.45) is 5.10 Å². The van der Waals surface area contributed by atoms with Gasteiger partial charge in [0.1, 0.15) is 0 Å². The molecule has 9 heteroatoms. The van der Waals surface area contributed by atoms with Gasteiger partial charge in [-0.1, -0.05) is 35.3 Å². The zero-order valence-electron chi connectivity index (χ0n) is 13.4. The zero-order valence-corrected chi connectivity index (χ0v) is 15.7. The number of nitrogens with zero attached hydrogens (tertiary/aromatic N) is 1. The molecule has 0 atom stereocenters. The molecule has 0 aliphatic carbocycles. The third kappa shape index (κ3) is 4.79. The van der Waals surface area contributed by atoms with Gasteiger partial charge in [0.25, 0.3) is 5.91 Å². The Balaban J connectivity index is 2.16. The van der Waals surface area contributed by atoms with Crippen molar-refractivity contribution < 1.29 is 13.2 Å². The van der Waals surface area contributed by atoms with Gasteiger partial charge in [-0.15, -0.1) is 0 Å². The monoisotopic (exact) mass is 399 g/mol. The second-order valence-corrected chi connectivity index (χ2v) is 7.72. The molecule has 0 radical (unpaired) electrons. The Morgan fingerprint density at radius 1 is 1.08 bits per heavy atom. The number of halogens is 2. The fourth-order valence-electron chi connectivity index (χ4n) is 1.92. The van der Waals surface area contributed by atoms with Gasteiger partial charge in [-0.05, 0) is 49.9 Å². The summed E-state index contributed by atoms with van der Waals surface area (Å²) in [6.45, 7) is 1.68. The molecular weight excluding hydrogens is 385 g/mol. The molecular formula is C16H15Cl2N3O3S. The second kappa shape index (κ2) is 7.97. The maximum atomic E-state index is 12.1. The molecule has 0 aliphatic heterocycles. The van der Waals surface area contributed by atoms with Crippen molar-refractivity contribution in [3.8, 4) is 0 Å². The van der Waals surface area contributed by atoms with E-state index in [2.05, 4.69) is 15.2 Å². The topological polar surface area (TPSA) is 87.6 Å². The molecule has 0 saturated heterocycles. The highest BCUT2D eigenvalue weighted by Gasteiger charge is 2.12. The lowest BCUT2D eigenvalue weighted by molar-refractivity contribution is 0.0955. The Bertz CT molecular complexity index is 926. The SMILES string of the molecule is CNS(=O)(=O)c1ccc(/C(C)=N\NC(=O)c2cc(Cl)ccc2Cl)cc1. The molecule has 0 unspecified atom stereocenters. The first kappa shape index (κ1) is 19.4. The van der Waals surface area contributed by atoms with Gasteiger partial charge in [0, 0.05) is 5.02 Å². The Hall–Kier alpha value is -1.93. The molecule has 6 nitrogen and oxygen atoms in total. The quantitative estimate of drug-likeness (QED) is 0.597. The van der Waals surface area contributed by atoms with Gasteiger partial charge >= 0.3 is 0 Å². The second-order valence-electron chi connectivity index (χ2n) is 4.99. The molecule has 2 rings (SSSR count). The van der Waals surface area contributed by atoms with E-state index in [0.29, 0.717) is 16.3 Å². The maximum Gasteiger partial charge on any atom is 0.272 e. The van der Waals surface area contributed by atoms with Crippen LogP contribution in [0.15, 0.2) is 52.5 Å². The van der Waals surface area contributed by atoms with Crippen molar-refractivity contribution >= 4 is 44.8 Å². The van der Waals surface area contributed by atoms with Crippen LogP contribution in [0.2, 0.25) is 10.0 Å². The van der Waals surface area contributed by atoms with Crippen molar-refractivity contribution in [1.29, 1.82) is 0 Å². The number of nitrogens with one attached hydrogen (secondary N) is 2. The summed E-state index contributed by atoms with van der Waals surface area (Å²) in [4.78, 5) is 12.3. The van der Waals surface area contributed by atoms with Gasteiger partial charge in [-0.2, -0.15) is 5.10 Å². The van der Waals surface area contributed by atoms with E-state index < -0.39 is 15.9 Å². The normalized spacial score (nSPS) is 12.1. The summed E-state index contributed by atoms with van der Waals surface area (Å²) in [5.74, 6) is -0.499. The van der Waals surface area contributed by atoms with E-state index in [1.54, 1.807) is 25.1 Å². The Morgan fingerprint density at radius 3 is 2.32 bits per heavy atom. The molecule has 0 aromatic heterocycles. The summed E-state index contributed by atoms with van der Waals surface area (Å²) in [6.07, 6.45) is 0. The molecule has 0 spiro atoms. The van der Waals surface area contributed by atoms with Crippen molar-refractivity contribution in [3.05, 3.63) is 63.6 Å². The van der Waals surface area contributed by atoms with Crippen LogP contribution in [0.5, 0.6) is 0 Å². The highest BCUT2D eigenvalue weighted by atomic mass is 35.5. The van der Waals surface area contributed by atoms with Gasteiger partial charge in [0.15, 0.2) is 0 Å². The molecule has 1 amide bonds. The van der Waals surface area contributed by atoms with Crippen LogP contribution < -0.4 is 10.1 Å². The van der Waals surface area contributed by atoms with Crippen molar-refractivity contribution in [1.82, 2.24) is 10.1 Å². The minimum absolute atomic E-state index is 0.140. The Kier molecular flexibility index (Phi) is 6.18. The largest absolute Gasteiger partial charge is 0.272 e. The molecule has 25 heavy (non-hydrogen) atoms. The lowest BCUT2D eigenvalue weighted by Gasteiger charge is -2.06. The molecule has 2 N–H and O–H groups in total.